The van der Waals surface area contributed by atoms with E-state index in [2.05, 4.69) is 10.3 Å². The molecule has 1 aromatic heterocycles. The van der Waals surface area contributed by atoms with Crippen LogP contribution < -0.4 is 11.1 Å². The van der Waals surface area contributed by atoms with Gasteiger partial charge in [0.25, 0.3) is 0 Å². The Hall–Kier alpha value is -0.450. The Morgan fingerprint density at radius 2 is 2.31 bits per heavy atom. The summed E-state index contributed by atoms with van der Waals surface area (Å²) in [5.74, 6) is 2.42. The van der Waals surface area contributed by atoms with Crippen LogP contribution in [-0.4, -0.2) is 17.6 Å². The van der Waals surface area contributed by atoms with Crippen molar-refractivity contribution in [3.05, 3.63) is 16.6 Å². The van der Waals surface area contributed by atoms with Gasteiger partial charge in [-0.1, -0.05) is 0 Å². The average molecular weight is 237 g/mol. The molecule has 2 aliphatic rings. The maximum absolute atomic E-state index is 6.27. The van der Waals surface area contributed by atoms with Gasteiger partial charge in [-0.2, -0.15) is 0 Å². The van der Waals surface area contributed by atoms with Crippen molar-refractivity contribution in [3.63, 3.8) is 0 Å². The summed E-state index contributed by atoms with van der Waals surface area (Å²) in [5, 5.41) is 6.72. The van der Waals surface area contributed by atoms with E-state index in [1.807, 2.05) is 11.6 Å². The van der Waals surface area contributed by atoms with Gasteiger partial charge in [-0.05, 0) is 37.0 Å². The number of thiazole rings is 1. The molecule has 0 radical (unpaired) electrons. The third kappa shape index (κ3) is 1.90. The molecule has 0 saturated heterocycles. The van der Waals surface area contributed by atoms with E-state index in [9.17, 15) is 0 Å². The molecule has 3 N–H and O–H groups in total. The van der Waals surface area contributed by atoms with Crippen LogP contribution in [0, 0.1) is 17.8 Å². The van der Waals surface area contributed by atoms with E-state index in [0.717, 1.165) is 24.9 Å². The Morgan fingerprint density at radius 1 is 1.44 bits per heavy atom. The molecule has 4 unspecified atom stereocenters. The second-order valence-corrected chi connectivity index (χ2v) is 6.11. The van der Waals surface area contributed by atoms with Crippen LogP contribution in [0.3, 0.4) is 0 Å². The summed E-state index contributed by atoms with van der Waals surface area (Å²) >= 11 is 1.72. The van der Waals surface area contributed by atoms with E-state index in [0.29, 0.717) is 12.0 Å². The van der Waals surface area contributed by atoms with Crippen molar-refractivity contribution in [2.24, 2.45) is 23.5 Å². The molecule has 0 spiro atoms. The smallest absolute Gasteiger partial charge is 0.106 e. The van der Waals surface area contributed by atoms with Crippen molar-refractivity contribution in [3.8, 4) is 0 Å². The summed E-state index contributed by atoms with van der Waals surface area (Å²) in [7, 11) is 0. The Balaban J connectivity index is 1.49. The lowest BCUT2D eigenvalue weighted by Gasteiger charge is -2.28. The number of nitrogens with zero attached hydrogens (tertiary/aromatic N) is 1. The zero-order valence-corrected chi connectivity index (χ0v) is 10.2. The highest BCUT2D eigenvalue weighted by atomic mass is 32.1. The Labute approximate surface area is 100 Å². The van der Waals surface area contributed by atoms with Gasteiger partial charge < -0.3 is 11.1 Å². The predicted octanol–water partition coefficient (Wildman–Crippen LogP) is 1.61. The standard InChI is InChI=1S/C12H19N3S/c13-12-9-2-1-8(5-9)10(12)6-14-7-11-15-3-4-16-11/h3-4,8-10,12,14H,1-2,5-7,13H2. The van der Waals surface area contributed by atoms with E-state index in [1.165, 1.54) is 24.3 Å². The molecule has 0 aliphatic heterocycles. The average Bonchev–Trinajstić information content (AvgIpc) is 2.97. The molecule has 4 atom stereocenters. The molecule has 3 rings (SSSR count). The first-order valence-electron chi connectivity index (χ1n) is 6.19. The molecule has 0 aromatic carbocycles. The fourth-order valence-electron chi connectivity index (χ4n) is 3.44. The summed E-state index contributed by atoms with van der Waals surface area (Å²) in [6.07, 6.45) is 6.02. The van der Waals surface area contributed by atoms with Crippen LogP contribution in [-0.2, 0) is 6.54 Å². The van der Waals surface area contributed by atoms with Gasteiger partial charge in [0.05, 0.1) is 0 Å². The van der Waals surface area contributed by atoms with Crippen molar-refractivity contribution in [1.82, 2.24) is 10.3 Å². The van der Waals surface area contributed by atoms with E-state index in [-0.39, 0.29) is 0 Å². The van der Waals surface area contributed by atoms with Crippen molar-refractivity contribution >= 4 is 11.3 Å². The van der Waals surface area contributed by atoms with Crippen molar-refractivity contribution in [2.75, 3.05) is 6.54 Å². The first-order chi connectivity index (χ1) is 7.84. The minimum absolute atomic E-state index is 0.447. The fraction of sp³-hybridized carbons (Fsp3) is 0.750. The lowest BCUT2D eigenvalue weighted by molar-refractivity contribution is 0.278. The van der Waals surface area contributed by atoms with E-state index >= 15 is 0 Å². The van der Waals surface area contributed by atoms with Gasteiger partial charge in [-0.15, -0.1) is 11.3 Å². The summed E-state index contributed by atoms with van der Waals surface area (Å²) in [6, 6.07) is 0.447. The lowest BCUT2D eigenvalue weighted by Crippen LogP contribution is -2.41. The molecule has 2 fully saturated rings. The fourth-order valence-corrected chi connectivity index (χ4v) is 4.03. The molecule has 2 aliphatic carbocycles. The van der Waals surface area contributed by atoms with E-state index in [4.69, 9.17) is 5.73 Å². The van der Waals surface area contributed by atoms with E-state index < -0.39 is 0 Å². The predicted molar refractivity (Wildman–Crippen MR) is 66.1 cm³/mol. The monoisotopic (exact) mass is 237 g/mol. The molecule has 4 heteroatoms. The van der Waals surface area contributed by atoms with Crippen molar-refractivity contribution < 1.29 is 0 Å². The maximum Gasteiger partial charge on any atom is 0.106 e. The zero-order valence-electron chi connectivity index (χ0n) is 9.43. The van der Waals surface area contributed by atoms with Crippen molar-refractivity contribution in [1.29, 1.82) is 0 Å². The quantitative estimate of drug-likeness (QED) is 0.836. The molecule has 0 amide bonds. The highest BCUT2D eigenvalue weighted by Gasteiger charge is 2.45. The van der Waals surface area contributed by atoms with E-state index in [1.54, 1.807) is 11.3 Å². The highest BCUT2D eigenvalue weighted by molar-refractivity contribution is 7.09. The zero-order chi connectivity index (χ0) is 11.0. The van der Waals surface area contributed by atoms with Gasteiger partial charge in [0.15, 0.2) is 0 Å². The molecule has 88 valence electrons. The van der Waals surface area contributed by atoms with Gasteiger partial charge in [0, 0.05) is 30.7 Å². The molecule has 1 aromatic rings. The minimum atomic E-state index is 0.447. The third-order valence-corrected chi connectivity index (χ3v) is 5.08. The summed E-state index contributed by atoms with van der Waals surface area (Å²) in [6.45, 7) is 1.97. The number of nitrogens with one attached hydrogen (secondary N) is 1. The topological polar surface area (TPSA) is 50.9 Å². The number of rotatable bonds is 4. The molecular formula is C12H19N3S. The number of hydrogen-bond donors (Lipinski definition) is 2. The Bertz CT molecular complexity index is 336. The first kappa shape index (κ1) is 10.7. The van der Waals surface area contributed by atoms with Gasteiger partial charge in [-0.3, -0.25) is 0 Å². The summed E-state index contributed by atoms with van der Waals surface area (Å²) in [4.78, 5) is 4.27. The largest absolute Gasteiger partial charge is 0.327 e. The minimum Gasteiger partial charge on any atom is -0.327 e. The number of nitrogens with two attached hydrogens (primary N) is 1. The third-order valence-electron chi connectivity index (χ3n) is 4.30. The second kappa shape index (κ2) is 4.43. The summed E-state index contributed by atoms with van der Waals surface area (Å²) in [5.41, 5.74) is 6.27. The van der Waals surface area contributed by atoms with Gasteiger partial charge >= 0.3 is 0 Å². The van der Waals surface area contributed by atoms with Crippen LogP contribution in [0.15, 0.2) is 11.6 Å². The number of fused-ring (bicyclic) bond motifs is 2. The first-order valence-corrected chi connectivity index (χ1v) is 7.07. The van der Waals surface area contributed by atoms with Gasteiger partial charge in [0.1, 0.15) is 5.01 Å². The molecular weight excluding hydrogens is 218 g/mol. The van der Waals surface area contributed by atoms with Crippen LogP contribution in [0.4, 0.5) is 0 Å². The van der Waals surface area contributed by atoms with Crippen LogP contribution in [0.5, 0.6) is 0 Å². The molecule has 2 bridgehead atoms. The number of aromatic nitrogens is 1. The van der Waals surface area contributed by atoms with Crippen LogP contribution in [0.25, 0.3) is 0 Å². The van der Waals surface area contributed by atoms with Crippen molar-refractivity contribution in [2.45, 2.75) is 31.8 Å². The second-order valence-electron chi connectivity index (χ2n) is 5.13. The Kier molecular flexibility index (Phi) is 2.96. The molecule has 16 heavy (non-hydrogen) atoms. The van der Waals surface area contributed by atoms with Crippen LogP contribution in [0.2, 0.25) is 0 Å². The van der Waals surface area contributed by atoms with Gasteiger partial charge in [-0.25, -0.2) is 4.98 Å². The molecule has 3 nitrogen and oxygen atoms in total. The Morgan fingerprint density at radius 3 is 3.00 bits per heavy atom. The normalized spacial score (nSPS) is 37.1. The lowest BCUT2D eigenvalue weighted by atomic mass is 9.85. The highest BCUT2D eigenvalue weighted by Crippen LogP contribution is 2.47. The maximum atomic E-state index is 6.27. The SMILES string of the molecule is NC1C2CCC(C2)C1CNCc1nccs1. The molecule has 1 heterocycles. The molecule has 2 saturated carbocycles. The van der Waals surface area contributed by atoms with Gasteiger partial charge in [0.2, 0.25) is 0 Å². The summed E-state index contributed by atoms with van der Waals surface area (Å²) < 4.78 is 0. The number of hydrogen-bond acceptors (Lipinski definition) is 4. The van der Waals surface area contributed by atoms with Crippen LogP contribution >= 0.6 is 11.3 Å². The van der Waals surface area contributed by atoms with Crippen LogP contribution in [0.1, 0.15) is 24.3 Å².